The van der Waals surface area contributed by atoms with E-state index >= 15 is 0 Å². The minimum absolute atomic E-state index is 0.347. The van der Waals surface area contributed by atoms with Crippen LogP contribution in [0.25, 0.3) is 0 Å². The van der Waals surface area contributed by atoms with Crippen molar-refractivity contribution in [2.75, 3.05) is 0 Å². The summed E-state index contributed by atoms with van der Waals surface area (Å²) >= 11 is 0. The molecule has 1 aromatic rings. The fraction of sp³-hybridized carbons (Fsp3) is 0.500. The average Bonchev–Trinajstić information content (AvgIpc) is 2.16. The topological polar surface area (TPSA) is 52.1 Å². The van der Waals surface area contributed by atoms with Crippen molar-refractivity contribution in [3.05, 3.63) is 17.6 Å². The second-order valence-electron chi connectivity index (χ2n) is 2.91. The molecule has 14 heavy (non-hydrogen) atoms. The molecule has 0 N–H and O–H groups in total. The number of carbonyl (C=O) groups is 1. The number of carbonyl (C=O) groups excluding carboxylic acids is 1. The van der Waals surface area contributed by atoms with Gasteiger partial charge in [0.1, 0.15) is 5.69 Å². The molecule has 76 valence electrons. The predicted molar refractivity (Wildman–Crippen MR) is 52.1 cm³/mol. The fourth-order valence-electron chi connectivity index (χ4n) is 1.06. The third kappa shape index (κ3) is 2.52. The van der Waals surface area contributed by atoms with Gasteiger partial charge in [-0.2, -0.15) is 0 Å². The van der Waals surface area contributed by atoms with Gasteiger partial charge in [0.05, 0.1) is 5.69 Å². The molecule has 0 radical (unpaired) electrons. The molecule has 1 heterocycles. The van der Waals surface area contributed by atoms with Gasteiger partial charge in [0.25, 0.3) is 0 Å². The first-order chi connectivity index (χ1) is 6.67. The summed E-state index contributed by atoms with van der Waals surface area (Å²) in [6, 6.07) is 0. The molecule has 0 bridgehead atoms. The van der Waals surface area contributed by atoms with Crippen LogP contribution < -0.4 is 4.74 Å². The van der Waals surface area contributed by atoms with Crippen LogP contribution in [0.15, 0.2) is 6.20 Å². The Morgan fingerprint density at radius 2 is 2.14 bits per heavy atom. The molecule has 1 rings (SSSR count). The van der Waals surface area contributed by atoms with Crippen molar-refractivity contribution < 1.29 is 9.53 Å². The van der Waals surface area contributed by atoms with Crippen molar-refractivity contribution >= 4 is 5.97 Å². The summed E-state index contributed by atoms with van der Waals surface area (Å²) in [5.41, 5.74) is 1.55. The van der Waals surface area contributed by atoms with E-state index < -0.39 is 0 Å². The van der Waals surface area contributed by atoms with E-state index in [1.165, 1.54) is 6.92 Å². The SMILES string of the molecule is CCc1cnc(CC)c(OC(C)=O)n1. The maximum Gasteiger partial charge on any atom is 0.309 e. The quantitative estimate of drug-likeness (QED) is 0.685. The van der Waals surface area contributed by atoms with E-state index in [-0.39, 0.29) is 5.97 Å². The normalized spacial score (nSPS) is 9.93. The molecule has 0 aliphatic heterocycles. The summed E-state index contributed by atoms with van der Waals surface area (Å²) in [5, 5.41) is 0. The van der Waals surface area contributed by atoms with Gasteiger partial charge in [0, 0.05) is 13.1 Å². The molecular formula is C10H14N2O2. The molecule has 0 spiro atoms. The third-order valence-corrected chi connectivity index (χ3v) is 1.80. The molecule has 0 saturated heterocycles. The molecule has 4 heteroatoms. The van der Waals surface area contributed by atoms with Gasteiger partial charge in [-0.25, -0.2) is 4.98 Å². The molecule has 0 aliphatic rings. The minimum Gasteiger partial charge on any atom is -0.406 e. The van der Waals surface area contributed by atoms with E-state index in [1.54, 1.807) is 6.20 Å². The summed E-state index contributed by atoms with van der Waals surface area (Å²) in [6.07, 6.45) is 3.21. The molecule has 4 nitrogen and oxygen atoms in total. The number of hydrogen-bond donors (Lipinski definition) is 0. The molecule has 0 fully saturated rings. The number of hydrogen-bond acceptors (Lipinski definition) is 4. The standard InChI is InChI=1S/C10H14N2O2/c1-4-8-6-11-9(5-2)10(12-8)14-7(3)13/h6H,4-5H2,1-3H3. The van der Waals surface area contributed by atoms with Gasteiger partial charge >= 0.3 is 5.97 Å². The highest BCUT2D eigenvalue weighted by molar-refractivity contribution is 5.68. The molecule has 1 aromatic heterocycles. The van der Waals surface area contributed by atoms with Crippen LogP contribution >= 0.6 is 0 Å². The minimum atomic E-state index is -0.359. The summed E-state index contributed by atoms with van der Waals surface area (Å²) in [6.45, 7) is 5.29. The van der Waals surface area contributed by atoms with Crippen LogP contribution in [0.3, 0.4) is 0 Å². The molecule has 0 aromatic carbocycles. The Labute approximate surface area is 83.3 Å². The molecule has 0 aliphatic carbocycles. The van der Waals surface area contributed by atoms with Crippen LogP contribution in [-0.4, -0.2) is 15.9 Å². The first-order valence-corrected chi connectivity index (χ1v) is 4.70. The highest BCUT2D eigenvalue weighted by Gasteiger charge is 2.08. The maximum atomic E-state index is 10.8. The Morgan fingerprint density at radius 3 is 2.64 bits per heavy atom. The third-order valence-electron chi connectivity index (χ3n) is 1.80. The number of nitrogens with zero attached hydrogens (tertiary/aromatic N) is 2. The lowest BCUT2D eigenvalue weighted by molar-refractivity contribution is -0.132. The number of aryl methyl sites for hydroxylation is 2. The van der Waals surface area contributed by atoms with Crippen molar-refractivity contribution in [2.24, 2.45) is 0 Å². The monoisotopic (exact) mass is 194 g/mol. The lowest BCUT2D eigenvalue weighted by Gasteiger charge is -2.06. The number of esters is 1. The zero-order valence-corrected chi connectivity index (χ0v) is 8.70. The lowest BCUT2D eigenvalue weighted by atomic mass is 10.3. The van der Waals surface area contributed by atoms with E-state index in [2.05, 4.69) is 9.97 Å². The Kier molecular flexibility index (Phi) is 3.56. The summed E-state index contributed by atoms with van der Waals surface area (Å²) in [7, 11) is 0. The largest absolute Gasteiger partial charge is 0.406 e. The van der Waals surface area contributed by atoms with Crippen molar-refractivity contribution in [3.63, 3.8) is 0 Å². The Hall–Kier alpha value is -1.45. The highest BCUT2D eigenvalue weighted by atomic mass is 16.5. The molecular weight excluding hydrogens is 180 g/mol. The van der Waals surface area contributed by atoms with Gasteiger partial charge in [-0.05, 0) is 12.8 Å². The van der Waals surface area contributed by atoms with Crippen molar-refractivity contribution in [1.82, 2.24) is 9.97 Å². The van der Waals surface area contributed by atoms with Crippen LogP contribution in [0.4, 0.5) is 0 Å². The fourth-order valence-corrected chi connectivity index (χ4v) is 1.06. The number of rotatable bonds is 3. The average molecular weight is 194 g/mol. The van der Waals surface area contributed by atoms with Gasteiger partial charge in [0.15, 0.2) is 0 Å². The number of aromatic nitrogens is 2. The first-order valence-electron chi connectivity index (χ1n) is 4.70. The van der Waals surface area contributed by atoms with Crippen LogP contribution in [0.5, 0.6) is 5.88 Å². The molecule has 0 atom stereocenters. The van der Waals surface area contributed by atoms with Crippen molar-refractivity contribution in [1.29, 1.82) is 0 Å². The summed E-state index contributed by atoms with van der Waals surface area (Å²) in [4.78, 5) is 19.2. The summed E-state index contributed by atoms with van der Waals surface area (Å²) in [5.74, 6) is -0.0124. The van der Waals surface area contributed by atoms with E-state index in [9.17, 15) is 4.79 Å². The smallest absolute Gasteiger partial charge is 0.309 e. The maximum absolute atomic E-state index is 10.8. The second-order valence-corrected chi connectivity index (χ2v) is 2.91. The molecule has 0 unspecified atom stereocenters. The van der Waals surface area contributed by atoms with Gasteiger partial charge in [-0.1, -0.05) is 13.8 Å². The zero-order chi connectivity index (χ0) is 10.6. The number of ether oxygens (including phenoxy) is 1. The molecule has 0 amide bonds. The van der Waals surface area contributed by atoms with E-state index in [0.717, 1.165) is 17.8 Å². The van der Waals surface area contributed by atoms with Crippen molar-refractivity contribution in [3.8, 4) is 5.88 Å². The highest BCUT2D eigenvalue weighted by Crippen LogP contribution is 2.14. The van der Waals surface area contributed by atoms with Crippen LogP contribution in [0.1, 0.15) is 32.2 Å². The van der Waals surface area contributed by atoms with Gasteiger partial charge in [-0.3, -0.25) is 9.78 Å². The second kappa shape index (κ2) is 4.69. The van der Waals surface area contributed by atoms with E-state index in [1.807, 2.05) is 13.8 Å². The summed E-state index contributed by atoms with van der Waals surface area (Å²) < 4.78 is 4.97. The van der Waals surface area contributed by atoms with Crippen LogP contribution in [-0.2, 0) is 17.6 Å². The Balaban J connectivity index is 3.01. The van der Waals surface area contributed by atoms with E-state index in [0.29, 0.717) is 12.3 Å². The van der Waals surface area contributed by atoms with Crippen molar-refractivity contribution in [2.45, 2.75) is 33.6 Å². The van der Waals surface area contributed by atoms with Gasteiger partial charge in [0.2, 0.25) is 5.88 Å². The Morgan fingerprint density at radius 1 is 1.43 bits per heavy atom. The van der Waals surface area contributed by atoms with E-state index in [4.69, 9.17) is 4.74 Å². The predicted octanol–water partition coefficient (Wildman–Crippen LogP) is 1.53. The zero-order valence-electron chi connectivity index (χ0n) is 8.70. The first kappa shape index (κ1) is 10.6. The lowest BCUT2D eigenvalue weighted by Crippen LogP contribution is -2.08. The van der Waals surface area contributed by atoms with Crippen LogP contribution in [0.2, 0.25) is 0 Å². The molecule has 0 saturated carbocycles. The van der Waals surface area contributed by atoms with Gasteiger partial charge < -0.3 is 4.74 Å². The van der Waals surface area contributed by atoms with Crippen LogP contribution in [0, 0.1) is 0 Å². The van der Waals surface area contributed by atoms with Gasteiger partial charge in [-0.15, -0.1) is 0 Å². The Bertz CT molecular complexity index is 337.